The highest BCUT2D eigenvalue weighted by Gasteiger charge is 2.28. The predicted octanol–water partition coefficient (Wildman–Crippen LogP) is 2.75. The molecule has 4 nitrogen and oxygen atoms in total. The minimum Gasteiger partial charge on any atom is -0.493 e. The summed E-state index contributed by atoms with van der Waals surface area (Å²) in [6, 6.07) is 6.46. The number of hydrogen-bond acceptors (Lipinski definition) is 4. The van der Waals surface area contributed by atoms with Crippen LogP contribution in [0.2, 0.25) is 0 Å². The monoisotopic (exact) mass is 279 g/mol. The molecule has 0 aliphatic carbocycles. The molecule has 0 radical (unpaired) electrons. The molecule has 1 fully saturated rings. The third-order valence-electron chi connectivity index (χ3n) is 3.76. The Hall–Kier alpha value is -1.26. The molecule has 0 amide bonds. The van der Waals surface area contributed by atoms with Crippen molar-refractivity contribution in [3.05, 3.63) is 23.8 Å². The molecule has 0 spiro atoms. The van der Waals surface area contributed by atoms with E-state index in [-0.39, 0.29) is 5.60 Å². The molecule has 1 N–H and O–H groups in total. The third-order valence-corrected chi connectivity index (χ3v) is 3.76. The number of methoxy groups -OCH3 is 2. The van der Waals surface area contributed by atoms with Gasteiger partial charge in [0.1, 0.15) is 0 Å². The zero-order valence-electron chi connectivity index (χ0n) is 12.9. The van der Waals surface area contributed by atoms with Crippen LogP contribution in [0.4, 0.5) is 0 Å². The summed E-state index contributed by atoms with van der Waals surface area (Å²) in [5.74, 6) is 1.59. The minimum atomic E-state index is -0.0334. The molecule has 0 aromatic heterocycles. The van der Waals surface area contributed by atoms with Gasteiger partial charge in [0.2, 0.25) is 0 Å². The second-order valence-electron chi connectivity index (χ2n) is 5.83. The minimum absolute atomic E-state index is 0.0334. The van der Waals surface area contributed by atoms with E-state index in [1.54, 1.807) is 14.2 Å². The van der Waals surface area contributed by atoms with Crippen LogP contribution >= 0.6 is 0 Å². The maximum absolute atomic E-state index is 5.74. The summed E-state index contributed by atoms with van der Waals surface area (Å²) >= 11 is 0. The van der Waals surface area contributed by atoms with Gasteiger partial charge in [-0.25, -0.2) is 0 Å². The van der Waals surface area contributed by atoms with Gasteiger partial charge >= 0.3 is 0 Å². The van der Waals surface area contributed by atoms with Gasteiger partial charge in [-0.15, -0.1) is 0 Å². The Kier molecular flexibility index (Phi) is 4.89. The van der Waals surface area contributed by atoms with Crippen LogP contribution in [0.3, 0.4) is 0 Å². The van der Waals surface area contributed by atoms with Crippen LogP contribution in [0.5, 0.6) is 11.5 Å². The Labute approximate surface area is 121 Å². The van der Waals surface area contributed by atoms with Crippen molar-refractivity contribution in [2.24, 2.45) is 0 Å². The van der Waals surface area contributed by atoms with Gasteiger partial charge < -0.3 is 19.5 Å². The first-order valence-corrected chi connectivity index (χ1v) is 7.13. The zero-order valence-corrected chi connectivity index (χ0v) is 12.9. The molecule has 1 aliphatic rings. The number of ether oxygens (including phenoxy) is 3. The third kappa shape index (κ3) is 3.64. The van der Waals surface area contributed by atoms with Crippen molar-refractivity contribution in [2.75, 3.05) is 20.8 Å². The fourth-order valence-corrected chi connectivity index (χ4v) is 2.75. The molecule has 1 atom stereocenters. The van der Waals surface area contributed by atoms with Crippen molar-refractivity contribution in [1.82, 2.24) is 5.32 Å². The average molecular weight is 279 g/mol. The molecule has 2 rings (SSSR count). The van der Waals surface area contributed by atoms with Crippen molar-refractivity contribution in [1.29, 1.82) is 0 Å². The first kappa shape index (κ1) is 15.1. The van der Waals surface area contributed by atoms with Crippen molar-refractivity contribution < 1.29 is 14.2 Å². The lowest BCUT2D eigenvalue weighted by Gasteiger charge is -2.36. The van der Waals surface area contributed by atoms with E-state index in [4.69, 9.17) is 14.2 Å². The standard InChI is InChI=1S/C16H25NO3/c1-16(2)10-13(8-9-20-16)17-11-12-6-5-7-14(18-3)15(12)19-4/h5-7,13,17H,8-11H2,1-4H3. The fraction of sp³-hybridized carbons (Fsp3) is 0.625. The molecule has 4 heteroatoms. The summed E-state index contributed by atoms with van der Waals surface area (Å²) in [5.41, 5.74) is 1.09. The van der Waals surface area contributed by atoms with Crippen LogP contribution in [-0.4, -0.2) is 32.5 Å². The smallest absolute Gasteiger partial charge is 0.165 e. The van der Waals surface area contributed by atoms with Crippen LogP contribution in [0.1, 0.15) is 32.3 Å². The van der Waals surface area contributed by atoms with Gasteiger partial charge in [0.05, 0.1) is 19.8 Å². The van der Waals surface area contributed by atoms with Gasteiger partial charge in [0.25, 0.3) is 0 Å². The van der Waals surface area contributed by atoms with Crippen molar-refractivity contribution in [2.45, 2.75) is 44.9 Å². The highest BCUT2D eigenvalue weighted by molar-refractivity contribution is 5.46. The van der Waals surface area contributed by atoms with Crippen LogP contribution in [0.25, 0.3) is 0 Å². The Morgan fingerprint density at radius 2 is 2.10 bits per heavy atom. The lowest BCUT2D eigenvalue weighted by atomic mass is 9.94. The molecule has 1 aromatic rings. The number of hydrogen-bond donors (Lipinski definition) is 1. The maximum atomic E-state index is 5.74. The molecule has 0 bridgehead atoms. The molecule has 1 saturated heterocycles. The highest BCUT2D eigenvalue weighted by Crippen LogP contribution is 2.31. The fourth-order valence-electron chi connectivity index (χ4n) is 2.75. The summed E-state index contributed by atoms with van der Waals surface area (Å²) in [5, 5.41) is 3.60. The van der Waals surface area contributed by atoms with E-state index in [2.05, 4.69) is 25.2 Å². The van der Waals surface area contributed by atoms with Gasteiger partial charge in [-0.2, -0.15) is 0 Å². The van der Waals surface area contributed by atoms with Gasteiger partial charge in [-0.1, -0.05) is 12.1 Å². The van der Waals surface area contributed by atoms with Crippen molar-refractivity contribution in [3.63, 3.8) is 0 Å². The molecule has 0 saturated carbocycles. The summed E-state index contributed by atoms with van der Waals surface area (Å²) in [6.07, 6.45) is 2.08. The average Bonchev–Trinajstić information content (AvgIpc) is 2.43. The summed E-state index contributed by atoms with van der Waals surface area (Å²) < 4.78 is 16.5. The van der Waals surface area contributed by atoms with E-state index in [0.29, 0.717) is 6.04 Å². The van der Waals surface area contributed by atoms with Crippen LogP contribution in [-0.2, 0) is 11.3 Å². The van der Waals surface area contributed by atoms with Gasteiger partial charge in [0, 0.05) is 24.8 Å². The van der Waals surface area contributed by atoms with Gasteiger partial charge in [-0.05, 0) is 32.8 Å². The van der Waals surface area contributed by atoms with Gasteiger partial charge in [-0.3, -0.25) is 0 Å². The number of benzene rings is 1. The van der Waals surface area contributed by atoms with E-state index >= 15 is 0 Å². The topological polar surface area (TPSA) is 39.7 Å². The van der Waals surface area contributed by atoms with Crippen molar-refractivity contribution in [3.8, 4) is 11.5 Å². The summed E-state index contributed by atoms with van der Waals surface area (Å²) in [7, 11) is 3.34. The molecule has 112 valence electrons. The Morgan fingerprint density at radius 1 is 1.30 bits per heavy atom. The van der Waals surface area contributed by atoms with E-state index in [1.165, 1.54) is 0 Å². The molecular formula is C16H25NO3. The quantitative estimate of drug-likeness (QED) is 0.899. The normalized spacial score (nSPS) is 21.5. The van der Waals surface area contributed by atoms with E-state index in [9.17, 15) is 0 Å². The number of para-hydroxylation sites is 1. The summed E-state index contributed by atoms with van der Waals surface area (Å²) in [4.78, 5) is 0. The highest BCUT2D eigenvalue weighted by atomic mass is 16.5. The molecule has 20 heavy (non-hydrogen) atoms. The first-order chi connectivity index (χ1) is 9.55. The largest absolute Gasteiger partial charge is 0.493 e. The van der Waals surface area contributed by atoms with E-state index in [0.717, 1.165) is 43.1 Å². The van der Waals surface area contributed by atoms with Crippen molar-refractivity contribution >= 4 is 0 Å². The van der Waals surface area contributed by atoms with Crippen LogP contribution in [0, 0.1) is 0 Å². The first-order valence-electron chi connectivity index (χ1n) is 7.13. The van der Waals surface area contributed by atoms with E-state index < -0.39 is 0 Å². The molecule has 1 aliphatic heterocycles. The molecular weight excluding hydrogens is 254 g/mol. The van der Waals surface area contributed by atoms with Crippen LogP contribution in [0.15, 0.2) is 18.2 Å². The lowest BCUT2D eigenvalue weighted by Crippen LogP contribution is -2.43. The van der Waals surface area contributed by atoms with Crippen LogP contribution < -0.4 is 14.8 Å². The maximum Gasteiger partial charge on any atom is 0.165 e. The Balaban J connectivity index is 2.00. The molecule has 1 unspecified atom stereocenters. The molecule has 1 heterocycles. The zero-order chi connectivity index (χ0) is 14.6. The van der Waals surface area contributed by atoms with Gasteiger partial charge in [0.15, 0.2) is 11.5 Å². The predicted molar refractivity (Wildman–Crippen MR) is 79.4 cm³/mol. The Bertz CT molecular complexity index is 445. The number of rotatable bonds is 5. The number of nitrogens with one attached hydrogen (secondary N) is 1. The SMILES string of the molecule is COc1cccc(CNC2CCOC(C)(C)C2)c1OC. The van der Waals surface area contributed by atoms with E-state index in [1.807, 2.05) is 12.1 Å². The second-order valence-corrected chi connectivity index (χ2v) is 5.83. The second kappa shape index (κ2) is 6.46. The Morgan fingerprint density at radius 3 is 2.75 bits per heavy atom. The summed E-state index contributed by atoms with van der Waals surface area (Å²) in [6.45, 7) is 5.89. The lowest BCUT2D eigenvalue weighted by molar-refractivity contribution is -0.0630. The molecule has 1 aromatic carbocycles.